The van der Waals surface area contributed by atoms with Gasteiger partial charge in [-0.05, 0) is 60.3 Å². The van der Waals surface area contributed by atoms with Gasteiger partial charge in [0, 0.05) is 6.54 Å². The topological polar surface area (TPSA) is 61.9 Å². The molecule has 1 saturated heterocycles. The number of carbonyl (C=O) groups is 2. The molecule has 2 atom stereocenters. The maximum Gasteiger partial charge on any atom is 0.326 e. The summed E-state index contributed by atoms with van der Waals surface area (Å²) in [7, 11) is 3.60. The molecule has 3 amide bonds. The summed E-state index contributed by atoms with van der Waals surface area (Å²) >= 11 is 0. The third-order valence-corrected chi connectivity index (χ3v) is 6.45. The first-order valence-electron chi connectivity index (χ1n) is 10.3. The second kappa shape index (κ2) is 7.67. The molecule has 2 fully saturated rings. The standard InChI is InChI=1S/C23H29N3O3/c1-16-6-4-5-11-23(16)21(27)26(22(28)24-23)15-25(2)14-17-7-8-19-13-20(29-3)10-9-18(19)12-17/h7-10,12-13,16H,4-6,11,14-15H2,1-3H3,(H,24,28)/t16-,23+/m1/s1. The first-order valence-corrected chi connectivity index (χ1v) is 10.3. The van der Waals surface area contributed by atoms with E-state index in [1.165, 1.54) is 4.90 Å². The molecule has 6 heteroatoms. The Labute approximate surface area is 171 Å². The lowest BCUT2D eigenvalue weighted by atomic mass is 9.73. The molecule has 29 heavy (non-hydrogen) atoms. The molecule has 1 aliphatic heterocycles. The molecule has 1 spiro atoms. The molecule has 1 aliphatic carbocycles. The average molecular weight is 396 g/mol. The zero-order valence-corrected chi connectivity index (χ0v) is 17.4. The zero-order chi connectivity index (χ0) is 20.6. The Morgan fingerprint density at radius 3 is 2.69 bits per heavy atom. The maximum absolute atomic E-state index is 13.1. The number of ether oxygens (including phenoxy) is 1. The first kappa shape index (κ1) is 19.7. The molecular weight excluding hydrogens is 366 g/mol. The summed E-state index contributed by atoms with van der Waals surface area (Å²) in [6.45, 7) is 3.02. The van der Waals surface area contributed by atoms with Crippen LogP contribution in [0, 0.1) is 5.92 Å². The molecule has 0 unspecified atom stereocenters. The molecule has 0 bridgehead atoms. The Kier molecular flexibility index (Phi) is 5.21. The van der Waals surface area contributed by atoms with Gasteiger partial charge in [0.05, 0.1) is 13.8 Å². The van der Waals surface area contributed by atoms with Gasteiger partial charge in [-0.1, -0.05) is 38.0 Å². The molecule has 1 heterocycles. The molecular formula is C23H29N3O3. The van der Waals surface area contributed by atoms with E-state index in [4.69, 9.17) is 4.74 Å². The summed E-state index contributed by atoms with van der Waals surface area (Å²) in [5.74, 6) is 0.958. The summed E-state index contributed by atoms with van der Waals surface area (Å²) in [5, 5.41) is 5.29. The SMILES string of the molecule is COc1ccc2cc(CN(C)CN3C(=O)N[C@]4(CCCC[C@H]4C)C3=O)ccc2c1. The number of imide groups is 1. The fourth-order valence-corrected chi connectivity index (χ4v) is 4.73. The quantitative estimate of drug-likeness (QED) is 0.784. The van der Waals surface area contributed by atoms with Crippen LogP contribution in [0.3, 0.4) is 0 Å². The molecule has 154 valence electrons. The van der Waals surface area contributed by atoms with Gasteiger partial charge in [-0.2, -0.15) is 0 Å². The van der Waals surface area contributed by atoms with Crippen molar-refractivity contribution in [2.24, 2.45) is 5.92 Å². The van der Waals surface area contributed by atoms with E-state index in [9.17, 15) is 9.59 Å². The Hall–Kier alpha value is -2.60. The number of carbonyl (C=O) groups excluding carboxylic acids is 2. The molecule has 1 N–H and O–H groups in total. The third kappa shape index (κ3) is 3.57. The zero-order valence-electron chi connectivity index (χ0n) is 17.4. The van der Waals surface area contributed by atoms with Crippen LogP contribution in [-0.4, -0.2) is 48.1 Å². The summed E-state index contributed by atoms with van der Waals surface area (Å²) < 4.78 is 5.28. The minimum atomic E-state index is -0.696. The third-order valence-electron chi connectivity index (χ3n) is 6.45. The van der Waals surface area contributed by atoms with Gasteiger partial charge in [-0.3, -0.25) is 9.69 Å². The van der Waals surface area contributed by atoms with Crippen LogP contribution < -0.4 is 10.1 Å². The van der Waals surface area contributed by atoms with E-state index < -0.39 is 5.54 Å². The van der Waals surface area contributed by atoms with Crippen LogP contribution in [0.4, 0.5) is 4.79 Å². The fourth-order valence-electron chi connectivity index (χ4n) is 4.73. The van der Waals surface area contributed by atoms with E-state index in [-0.39, 0.29) is 17.9 Å². The van der Waals surface area contributed by atoms with Crippen LogP contribution in [0.15, 0.2) is 36.4 Å². The van der Waals surface area contributed by atoms with E-state index in [2.05, 4.69) is 30.4 Å². The summed E-state index contributed by atoms with van der Waals surface area (Å²) in [5.41, 5.74) is 0.441. The van der Waals surface area contributed by atoms with Crippen molar-refractivity contribution in [1.29, 1.82) is 0 Å². The van der Waals surface area contributed by atoms with E-state index >= 15 is 0 Å². The predicted molar refractivity (Wildman–Crippen MR) is 113 cm³/mol. The number of benzene rings is 2. The van der Waals surface area contributed by atoms with Crippen molar-refractivity contribution in [3.63, 3.8) is 0 Å². The van der Waals surface area contributed by atoms with Gasteiger partial charge in [0.2, 0.25) is 0 Å². The first-order chi connectivity index (χ1) is 13.9. The minimum absolute atomic E-state index is 0.0628. The Morgan fingerprint density at radius 2 is 1.93 bits per heavy atom. The second-order valence-corrected chi connectivity index (χ2v) is 8.48. The van der Waals surface area contributed by atoms with Gasteiger partial charge in [0.15, 0.2) is 0 Å². The molecule has 2 aromatic carbocycles. The molecule has 6 nitrogen and oxygen atoms in total. The summed E-state index contributed by atoms with van der Waals surface area (Å²) in [6.07, 6.45) is 3.84. The van der Waals surface area contributed by atoms with Crippen molar-refractivity contribution >= 4 is 22.7 Å². The van der Waals surface area contributed by atoms with Gasteiger partial charge < -0.3 is 10.1 Å². The van der Waals surface area contributed by atoms with Gasteiger partial charge in [-0.15, -0.1) is 0 Å². The van der Waals surface area contributed by atoms with Crippen molar-refractivity contribution < 1.29 is 14.3 Å². The number of amides is 3. The Balaban J connectivity index is 1.45. The Bertz CT molecular complexity index is 944. The fraction of sp³-hybridized carbons (Fsp3) is 0.478. The lowest BCUT2D eigenvalue weighted by Crippen LogP contribution is -2.54. The maximum atomic E-state index is 13.1. The molecule has 1 saturated carbocycles. The van der Waals surface area contributed by atoms with Crippen LogP contribution in [0.1, 0.15) is 38.2 Å². The predicted octanol–water partition coefficient (Wildman–Crippen LogP) is 3.74. The van der Waals surface area contributed by atoms with E-state index in [1.807, 2.05) is 30.1 Å². The summed E-state index contributed by atoms with van der Waals surface area (Å²) in [4.78, 5) is 29.1. The molecule has 4 rings (SSSR count). The highest BCUT2D eigenvalue weighted by atomic mass is 16.5. The lowest BCUT2D eigenvalue weighted by molar-refractivity contribution is -0.135. The number of fused-ring (bicyclic) bond motifs is 1. The number of hydrogen-bond acceptors (Lipinski definition) is 4. The van der Waals surface area contributed by atoms with Crippen molar-refractivity contribution in [2.75, 3.05) is 20.8 Å². The normalized spacial score (nSPS) is 24.6. The number of hydrogen-bond donors (Lipinski definition) is 1. The van der Waals surface area contributed by atoms with Crippen molar-refractivity contribution in [3.8, 4) is 5.75 Å². The second-order valence-electron chi connectivity index (χ2n) is 8.48. The van der Waals surface area contributed by atoms with Crippen LogP contribution in [0.25, 0.3) is 10.8 Å². The van der Waals surface area contributed by atoms with Gasteiger partial charge in [0.1, 0.15) is 11.3 Å². The average Bonchev–Trinajstić information content (AvgIpc) is 2.94. The van der Waals surface area contributed by atoms with Crippen LogP contribution in [0.2, 0.25) is 0 Å². The Morgan fingerprint density at radius 1 is 1.17 bits per heavy atom. The molecule has 2 aliphatic rings. The van der Waals surface area contributed by atoms with E-state index in [0.29, 0.717) is 13.2 Å². The minimum Gasteiger partial charge on any atom is -0.497 e. The number of urea groups is 1. The molecule has 2 aromatic rings. The van der Waals surface area contributed by atoms with Crippen LogP contribution in [-0.2, 0) is 11.3 Å². The lowest BCUT2D eigenvalue weighted by Gasteiger charge is -2.37. The van der Waals surface area contributed by atoms with Crippen molar-refractivity contribution in [1.82, 2.24) is 15.1 Å². The monoisotopic (exact) mass is 395 g/mol. The van der Waals surface area contributed by atoms with Crippen LogP contribution in [0.5, 0.6) is 5.75 Å². The number of rotatable bonds is 5. The van der Waals surface area contributed by atoms with Crippen LogP contribution >= 0.6 is 0 Å². The van der Waals surface area contributed by atoms with E-state index in [1.54, 1.807) is 7.11 Å². The largest absolute Gasteiger partial charge is 0.497 e. The molecule has 0 radical (unpaired) electrons. The highest BCUT2D eigenvalue weighted by molar-refractivity contribution is 6.07. The van der Waals surface area contributed by atoms with E-state index in [0.717, 1.165) is 47.8 Å². The van der Waals surface area contributed by atoms with Gasteiger partial charge in [-0.25, -0.2) is 9.69 Å². The number of methoxy groups -OCH3 is 1. The van der Waals surface area contributed by atoms with Gasteiger partial charge in [0.25, 0.3) is 5.91 Å². The highest BCUT2D eigenvalue weighted by Gasteiger charge is 2.54. The van der Waals surface area contributed by atoms with Crippen molar-refractivity contribution in [3.05, 3.63) is 42.0 Å². The number of nitrogens with zero attached hydrogens (tertiary/aromatic N) is 2. The molecule has 0 aromatic heterocycles. The van der Waals surface area contributed by atoms with Gasteiger partial charge >= 0.3 is 6.03 Å². The summed E-state index contributed by atoms with van der Waals surface area (Å²) in [6, 6.07) is 12.0. The number of nitrogens with one attached hydrogen (secondary N) is 1. The highest BCUT2D eigenvalue weighted by Crippen LogP contribution is 2.38. The van der Waals surface area contributed by atoms with Crippen molar-refractivity contribution in [2.45, 2.75) is 44.7 Å². The smallest absolute Gasteiger partial charge is 0.326 e.